The van der Waals surface area contributed by atoms with Gasteiger partial charge in [-0.15, -0.1) is 0 Å². The molecule has 0 N–H and O–H groups in total. The van der Waals surface area contributed by atoms with E-state index in [0.29, 0.717) is 5.56 Å². The van der Waals surface area contributed by atoms with Gasteiger partial charge in [0, 0.05) is 18.2 Å². The molecule has 0 unspecified atom stereocenters. The highest BCUT2D eigenvalue weighted by molar-refractivity contribution is 7.89. The lowest BCUT2D eigenvalue weighted by atomic mass is 10.2. The first-order valence-electron chi connectivity index (χ1n) is 6.89. The van der Waals surface area contributed by atoms with Gasteiger partial charge in [0.2, 0.25) is 10.0 Å². The van der Waals surface area contributed by atoms with E-state index in [1.54, 1.807) is 48.5 Å². The van der Waals surface area contributed by atoms with E-state index in [4.69, 9.17) is 0 Å². The van der Waals surface area contributed by atoms with Crippen LogP contribution in [0.4, 0.5) is 4.39 Å². The van der Waals surface area contributed by atoms with E-state index in [-0.39, 0.29) is 23.3 Å². The largest absolute Gasteiger partial charge is 0.243 e. The predicted molar refractivity (Wildman–Crippen MR) is 78.6 cm³/mol. The van der Waals surface area contributed by atoms with Crippen molar-refractivity contribution in [1.29, 1.82) is 0 Å². The van der Waals surface area contributed by atoms with E-state index in [9.17, 15) is 12.8 Å². The number of nitrogens with zero attached hydrogens (tertiary/aromatic N) is 1. The van der Waals surface area contributed by atoms with Crippen molar-refractivity contribution in [2.45, 2.75) is 30.3 Å². The molecule has 0 saturated heterocycles. The quantitative estimate of drug-likeness (QED) is 0.851. The van der Waals surface area contributed by atoms with Gasteiger partial charge >= 0.3 is 0 Å². The van der Waals surface area contributed by atoms with E-state index >= 15 is 0 Å². The molecule has 3 rings (SSSR count). The Kier molecular flexibility index (Phi) is 3.78. The first-order chi connectivity index (χ1) is 10.1. The fraction of sp³-hybridized carbons (Fsp3) is 0.250. The Morgan fingerprint density at radius 2 is 1.62 bits per heavy atom. The summed E-state index contributed by atoms with van der Waals surface area (Å²) in [6.45, 7) is 0.0779. The zero-order valence-electron chi connectivity index (χ0n) is 11.4. The lowest BCUT2D eigenvalue weighted by molar-refractivity contribution is 0.391. The first kappa shape index (κ1) is 14.2. The lowest BCUT2D eigenvalue weighted by Crippen LogP contribution is -2.33. The van der Waals surface area contributed by atoms with Crippen molar-refractivity contribution in [1.82, 2.24) is 4.31 Å². The Balaban J connectivity index is 1.94. The lowest BCUT2D eigenvalue weighted by Gasteiger charge is -2.22. The Labute approximate surface area is 124 Å². The minimum absolute atomic E-state index is 0.0187. The van der Waals surface area contributed by atoms with E-state index in [1.165, 1.54) is 10.4 Å². The number of hydrogen-bond donors (Lipinski definition) is 0. The normalized spacial score (nSPS) is 15.3. The summed E-state index contributed by atoms with van der Waals surface area (Å²) in [5.74, 6) is -0.369. The molecule has 1 aliphatic carbocycles. The van der Waals surface area contributed by atoms with Gasteiger partial charge in [-0.25, -0.2) is 12.8 Å². The minimum Gasteiger partial charge on any atom is -0.207 e. The summed E-state index contributed by atoms with van der Waals surface area (Å²) in [5, 5.41) is 0. The summed E-state index contributed by atoms with van der Waals surface area (Å²) in [5.41, 5.74) is 0.406. The van der Waals surface area contributed by atoms with Gasteiger partial charge in [-0.05, 0) is 31.0 Å². The van der Waals surface area contributed by atoms with Crippen LogP contribution in [0.1, 0.15) is 18.4 Å². The van der Waals surface area contributed by atoms with Gasteiger partial charge in [0.05, 0.1) is 4.90 Å². The molecule has 3 nitrogen and oxygen atoms in total. The highest BCUT2D eigenvalue weighted by Crippen LogP contribution is 2.33. The van der Waals surface area contributed by atoms with Crippen molar-refractivity contribution in [3.05, 3.63) is 66.0 Å². The molecule has 1 aliphatic rings. The molecule has 0 aliphatic heterocycles. The van der Waals surface area contributed by atoms with Crippen molar-refractivity contribution in [2.24, 2.45) is 0 Å². The second-order valence-electron chi connectivity index (χ2n) is 5.19. The molecule has 0 amide bonds. The molecule has 1 fully saturated rings. The second kappa shape index (κ2) is 5.58. The fourth-order valence-corrected chi connectivity index (χ4v) is 3.98. The number of rotatable bonds is 5. The number of sulfonamides is 1. The average Bonchev–Trinajstić information content (AvgIpc) is 3.31. The predicted octanol–water partition coefficient (Wildman–Crippen LogP) is 3.18. The van der Waals surface area contributed by atoms with Crippen LogP contribution in [0.25, 0.3) is 0 Å². The summed E-state index contributed by atoms with van der Waals surface area (Å²) in [4.78, 5) is 0.258. The van der Waals surface area contributed by atoms with Crippen LogP contribution < -0.4 is 0 Å². The van der Waals surface area contributed by atoms with Gasteiger partial charge in [0.25, 0.3) is 0 Å². The maximum absolute atomic E-state index is 13.8. The van der Waals surface area contributed by atoms with Gasteiger partial charge < -0.3 is 0 Å². The summed E-state index contributed by atoms with van der Waals surface area (Å²) in [6.07, 6.45) is 1.67. The summed E-state index contributed by atoms with van der Waals surface area (Å²) >= 11 is 0. The molecule has 0 radical (unpaired) electrons. The maximum Gasteiger partial charge on any atom is 0.243 e. The van der Waals surface area contributed by atoms with Crippen LogP contribution in [-0.4, -0.2) is 18.8 Å². The molecular formula is C16H16FNO2S. The molecule has 1 saturated carbocycles. The standard InChI is InChI=1S/C16H16FNO2S/c17-16-9-5-4-6-13(16)12-18(14-10-11-14)21(19,20)15-7-2-1-3-8-15/h1-9,14H,10-12H2. The van der Waals surface area contributed by atoms with Gasteiger partial charge in [-0.1, -0.05) is 36.4 Å². The monoisotopic (exact) mass is 305 g/mol. The molecule has 5 heteroatoms. The Morgan fingerprint density at radius 1 is 1.00 bits per heavy atom. The van der Waals surface area contributed by atoms with E-state index in [0.717, 1.165) is 12.8 Å². The Hall–Kier alpha value is -1.72. The molecule has 0 bridgehead atoms. The van der Waals surface area contributed by atoms with Crippen molar-refractivity contribution in [2.75, 3.05) is 0 Å². The molecule has 110 valence electrons. The van der Waals surface area contributed by atoms with Crippen molar-refractivity contribution < 1.29 is 12.8 Å². The van der Waals surface area contributed by atoms with E-state index < -0.39 is 10.0 Å². The maximum atomic E-state index is 13.8. The van der Waals surface area contributed by atoms with Gasteiger partial charge in [0.1, 0.15) is 5.82 Å². The number of halogens is 1. The average molecular weight is 305 g/mol. The molecule has 2 aromatic rings. The van der Waals surface area contributed by atoms with Crippen molar-refractivity contribution in [3.8, 4) is 0 Å². The van der Waals surface area contributed by atoms with Gasteiger partial charge in [-0.3, -0.25) is 0 Å². The zero-order chi connectivity index (χ0) is 14.9. The minimum atomic E-state index is -3.59. The second-order valence-corrected chi connectivity index (χ2v) is 7.08. The summed E-state index contributed by atoms with van der Waals surface area (Å²) in [7, 11) is -3.59. The van der Waals surface area contributed by atoms with Gasteiger partial charge in [-0.2, -0.15) is 4.31 Å². The van der Waals surface area contributed by atoms with E-state index in [2.05, 4.69) is 0 Å². The van der Waals surface area contributed by atoms with Crippen LogP contribution in [0.3, 0.4) is 0 Å². The summed E-state index contributed by atoms with van der Waals surface area (Å²) < 4.78 is 40.7. The molecule has 0 spiro atoms. The van der Waals surface area contributed by atoms with Crippen LogP contribution in [-0.2, 0) is 16.6 Å². The third kappa shape index (κ3) is 2.99. The third-order valence-electron chi connectivity index (χ3n) is 3.59. The smallest absolute Gasteiger partial charge is 0.207 e. The Morgan fingerprint density at radius 3 is 2.24 bits per heavy atom. The Bertz CT molecular complexity index is 727. The fourth-order valence-electron chi connectivity index (χ4n) is 2.30. The molecule has 2 aromatic carbocycles. The van der Waals surface area contributed by atoms with Crippen LogP contribution in [0.2, 0.25) is 0 Å². The van der Waals surface area contributed by atoms with Crippen LogP contribution >= 0.6 is 0 Å². The molecule has 0 atom stereocenters. The highest BCUT2D eigenvalue weighted by atomic mass is 32.2. The zero-order valence-corrected chi connectivity index (χ0v) is 12.3. The summed E-state index contributed by atoms with van der Waals surface area (Å²) in [6, 6.07) is 14.6. The number of hydrogen-bond acceptors (Lipinski definition) is 2. The van der Waals surface area contributed by atoms with Crippen LogP contribution in [0, 0.1) is 5.82 Å². The van der Waals surface area contributed by atoms with Crippen LogP contribution in [0.5, 0.6) is 0 Å². The first-order valence-corrected chi connectivity index (χ1v) is 8.33. The van der Waals surface area contributed by atoms with Gasteiger partial charge in [0.15, 0.2) is 0 Å². The third-order valence-corrected chi connectivity index (χ3v) is 5.50. The van der Waals surface area contributed by atoms with Crippen LogP contribution in [0.15, 0.2) is 59.5 Å². The SMILES string of the molecule is O=S(=O)(c1ccccc1)N(Cc1ccccc1F)C1CC1. The molecule has 21 heavy (non-hydrogen) atoms. The highest BCUT2D eigenvalue weighted by Gasteiger charge is 2.38. The van der Waals surface area contributed by atoms with E-state index in [1.807, 2.05) is 0 Å². The molecule has 0 heterocycles. The topological polar surface area (TPSA) is 37.4 Å². The van der Waals surface area contributed by atoms with Crippen molar-refractivity contribution >= 4 is 10.0 Å². The molecule has 0 aromatic heterocycles. The molecular weight excluding hydrogens is 289 g/mol. The van der Waals surface area contributed by atoms with Crippen molar-refractivity contribution in [3.63, 3.8) is 0 Å². The number of benzene rings is 2.